The van der Waals surface area contributed by atoms with Gasteiger partial charge in [-0.3, -0.25) is 0 Å². The van der Waals surface area contributed by atoms with Crippen LogP contribution in [-0.2, 0) is 12.8 Å². The van der Waals surface area contributed by atoms with Gasteiger partial charge >= 0.3 is 0 Å². The molecule has 4 aromatic carbocycles. The molecule has 0 amide bonds. The molecule has 0 bridgehead atoms. The van der Waals surface area contributed by atoms with Crippen molar-refractivity contribution in [2.75, 3.05) is 0 Å². The van der Waals surface area contributed by atoms with Gasteiger partial charge in [-0.15, -0.1) is 0 Å². The molecular weight excluding hydrogens is 410 g/mol. The SMILES string of the molecule is c1ccc(-c2c3c(n(-c4ccccc4)c2C(c2ccccc2)c2ccccc2)CCCC3)cc1. The van der Waals surface area contributed by atoms with Crippen LogP contribution in [0.4, 0.5) is 0 Å². The molecule has 166 valence electrons. The molecule has 1 heteroatoms. The molecule has 1 nitrogen and oxygen atoms in total. The summed E-state index contributed by atoms with van der Waals surface area (Å²) in [5.74, 6) is 0.142. The highest BCUT2D eigenvalue weighted by Gasteiger charge is 2.32. The normalized spacial score (nSPS) is 13.1. The van der Waals surface area contributed by atoms with Crippen molar-refractivity contribution >= 4 is 0 Å². The number of aromatic nitrogens is 1. The van der Waals surface area contributed by atoms with Crippen LogP contribution < -0.4 is 0 Å². The molecule has 0 saturated heterocycles. The smallest absolute Gasteiger partial charge is 0.0503 e. The summed E-state index contributed by atoms with van der Waals surface area (Å²) in [7, 11) is 0. The Kier molecular flexibility index (Phi) is 5.61. The highest BCUT2D eigenvalue weighted by molar-refractivity contribution is 5.76. The zero-order valence-corrected chi connectivity index (χ0v) is 19.4. The van der Waals surface area contributed by atoms with Gasteiger partial charge < -0.3 is 4.57 Å². The Hall–Kier alpha value is -3.84. The molecule has 1 aliphatic carbocycles. The van der Waals surface area contributed by atoms with Crippen molar-refractivity contribution in [1.82, 2.24) is 4.57 Å². The minimum atomic E-state index is 0.142. The first-order valence-electron chi connectivity index (χ1n) is 12.4. The van der Waals surface area contributed by atoms with Crippen LogP contribution in [0.3, 0.4) is 0 Å². The van der Waals surface area contributed by atoms with Gasteiger partial charge in [-0.2, -0.15) is 0 Å². The lowest BCUT2D eigenvalue weighted by Crippen LogP contribution is -2.13. The quantitative estimate of drug-likeness (QED) is 0.260. The van der Waals surface area contributed by atoms with E-state index in [9.17, 15) is 0 Å². The van der Waals surface area contributed by atoms with Crippen LogP contribution in [0.2, 0.25) is 0 Å². The number of fused-ring (bicyclic) bond motifs is 1. The molecule has 0 atom stereocenters. The molecule has 1 aliphatic rings. The largest absolute Gasteiger partial charge is 0.316 e. The molecule has 0 radical (unpaired) electrons. The summed E-state index contributed by atoms with van der Waals surface area (Å²) in [5.41, 5.74) is 11.1. The molecule has 34 heavy (non-hydrogen) atoms. The number of para-hydroxylation sites is 1. The van der Waals surface area contributed by atoms with E-state index >= 15 is 0 Å². The summed E-state index contributed by atoms with van der Waals surface area (Å²) in [6, 6.07) is 44.1. The monoisotopic (exact) mass is 439 g/mol. The van der Waals surface area contributed by atoms with Crippen LogP contribution in [0.15, 0.2) is 121 Å². The van der Waals surface area contributed by atoms with E-state index in [4.69, 9.17) is 0 Å². The molecule has 0 N–H and O–H groups in total. The Bertz CT molecular complexity index is 1260. The first-order valence-corrected chi connectivity index (χ1v) is 12.4. The lowest BCUT2D eigenvalue weighted by atomic mass is 9.83. The topological polar surface area (TPSA) is 4.93 Å². The maximum Gasteiger partial charge on any atom is 0.0503 e. The Labute approximate surface area is 202 Å². The third-order valence-electron chi connectivity index (χ3n) is 7.12. The van der Waals surface area contributed by atoms with E-state index in [1.807, 2.05) is 0 Å². The fourth-order valence-electron chi connectivity index (χ4n) is 5.69. The van der Waals surface area contributed by atoms with E-state index in [1.54, 1.807) is 0 Å². The second-order valence-corrected chi connectivity index (χ2v) is 9.18. The van der Waals surface area contributed by atoms with Gasteiger partial charge in [0, 0.05) is 22.6 Å². The number of nitrogens with zero attached hydrogens (tertiary/aromatic N) is 1. The molecule has 1 aromatic heterocycles. The summed E-state index contributed by atoms with van der Waals surface area (Å²) in [6.45, 7) is 0. The number of benzene rings is 4. The van der Waals surface area contributed by atoms with Gasteiger partial charge in [-0.25, -0.2) is 0 Å². The van der Waals surface area contributed by atoms with Gasteiger partial charge in [0.2, 0.25) is 0 Å². The highest BCUT2D eigenvalue weighted by atomic mass is 15.0. The molecule has 5 aromatic rings. The zero-order valence-electron chi connectivity index (χ0n) is 19.4. The van der Waals surface area contributed by atoms with E-state index in [0.29, 0.717) is 0 Å². The first-order chi connectivity index (χ1) is 16.9. The Morgan fingerprint density at radius 2 is 1.03 bits per heavy atom. The Morgan fingerprint density at radius 1 is 0.529 bits per heavy atom. The molecule has 0 saturated carbocycles. The van der Waals surface area contributed by atoms with Crippen molar-refractivity contribution < 1.29 is 0 Å². The molecule has 0 fully saturated rings. The summed E-state index contributed by atoms with van der Waals surface area (Å²) in [6.07, 6.45) is 4.77. The second-order valence-electron chi connectivity index (χ2n) is 9.18. The maximum atomic E-state index is 2.60. The van der Waals surface area contributed by atoms with Crippen molar-refractivity contribution in [3.63, 3.8) is 0 Å². The lowest BCUT2D eigenvalue weighted by molar-refractivity contribution is 0.659. The average Bonchev–Trinajstić information content (AvgIpc) is 3.26. The standard InChI is InChI=1S/C33H29N/c1-5-15-25(16-6-1)31(26-17-7-2-8-18-26)33-32(27-19-9-3-10-20-27)29-23-13-14-24-30(29)34(33)28-21-11-4-12-22-28/h1-12,15-22,31H,13-14,23-24H2. The van der Waals surface area contributed by atoms with Gasteiger partial charge in [-0.1, -0.05) is 109 Å². The Balaban J connectivity index is 1.74. The van der Waals surface area contributed by atoms with Crippen molar-refractivity contribution in [2.24, 2.45) is 0 Å². The molecule has 0 unspecified atom stereocenters. The van der Waals surface area contributed by atoms with E-state index in [-0.39, 0.29) is 5.92 Å². The maximum absolute atomic E-state index is 2.60. The van der Waals surface area contributed by atoms with E-state index < -0.39 is 0 Å². The van der Waals surface area contributed by atoms with E-state index in [0.717, 1.165) is 12.8 Å². The Morgan fingerprint density at radius 3 is 1.62 bits per heavy atom. The van der Waals surface area contributed by atoms with Crippen LogP contribution >= 0.6 is 0 Å². The molecule has 0 aliphatic heterocycles. The van der Waals surface area contributed by atoms with Crippen LogP contribution in [0, 0.1) is 0 Å². The number of hydrogen-bond acceptors (Lipinski definition) is 0. The molecular formula is C33H29N. The van der Waals surface area contributed by atoms with Crippen LogP contribution in [0.25, 0.3) is 16.8 Å². The summed E-state index contributed by atoms with van der Waals surface area (Å²) in [5, 5.41) is 0. The predicted molar refractivity (Wildman–Crippen MR) is 142 cm³/mol. The van der Waals surface area contributed by atoms with Gasteiger partial charge in [-0.05, 0) is 60.1 Å². The fraction of sp³-hybridized carbons (Fsp3) is 0.152. The molecule has 6 rings (SSSR count). The third-order valence-corrected chi connectivity index (χ3v) is 7.12. The van der Waals surface area contributed by atoms with Crippen molar-refractivity contribution in [1.29, 1.82) is 0 Å². The van der Waals surface area contributed by atoms with E-state index in [1.165, 1.54) is 57.7 Å². The van der Waals surface area contributed by atoms with Gasteiger partial charge in [0.25, 0.3) is 0 Å². The zero-order chi connectivity index (χ0) is 22.7. The number of hydrogen-bond donors (Lipinski definition) is 0. The van der Waals surface area contributed by atoms with Crippen molar-refractivity contribution in [3.8, 4) is 16.8 Å². The second kappa shape index (κ2) is 9.19. The summed E-state index contributed by atoms with van der Waals surface area (Å²) in [4.78, 5) is 0. The van der Waals surface area contributed by atoms with Crippen LogP contribution in [0.5, 0.6) is 0 Å². The van der Waals surface area contributed by atoms with Crippen LogP contribution in [0.1, 0.15) is 46.8 Å². The predicted octanol–water partition coefficient (Wildman–Crippen LogP) is 8.20. The average molecular weight is 440 g/mol. The molecule has 0 spiro atoms. The third kappa shape index (κ3) is 3.68. The lowest BCUT2D eigenvalue weighted by Gasteiger charge is -2.24. The number of rotatable bonds is 5. The van der Waals surface area contributed by atoms with Crippen molar-refractivity contribution in [3.05, 3.63) is 149 Å². The minimum absolute atomic E-state index is 0.142. The first kappa shape index (κ1) is 20.7. The van der Waals surface area contributed by atoms with Gasteiger partial charge in [0.1, 0.15) is 0 Å². The fourth-order valence-corrected chi connectivity index (χ4v) is 5.69. The van der Waals surface area contributed by atoms with Crippen LogP contribution in [-0.4, -0.2) is 4.57 Å². The highest BCUT2D eigenvalue weighted by Crippen LogP contribution is 2.46. The summed E-state index contributed by atoms with van der Waals surface area (Å²) >= 11 is 0. The molecule has 1 heterocycles. The minimum Gasteiger partial charge on any atom is -0.316 e. The van der Waals surface area contributed by atoms with Crippen molar-refractivity contribution in [2.45, 2.75) is 31.6 Å². The summed E-state index contributed by atoms with van der Waals surface area (Å²) < 4.78 is 2.60. The van der Waals surface area contributed by atoms with Gasteiger partial charge in [0.15, 0.2) is 0 Å². The van der Waals surface area contributed by atoms with E-state index in [2.05, 4.69) is 126 Å². The van der Waals surface area contributed by atoms with Gasteiger partial charge in [0.05, 0.1) is 5.92 Å².